The van der Waals surface area contributed by atoms with Gasteiger partial charge >= 0.3 is 5.97 Å². The summed E-state index contributed by atoms with van der Waals surface area (Å²) in [5.74, 6) is -1.19. The molecule has 4 nitrogen and oxygen atoms in total. The molecule has 140 valence electrons. The highest BCUT2D eigenvalue weighted by atomic mass is 16.5. The van der Waals surface area contributed by atoms with E-state index in [1.807, 2.05) is 55.5 Å². The van der Waals surface area contributed by atoms with Crippen LogP contribution in [0, 0.1) is 12.8 Å². The van der Waals surface area contributed by atoms with E-state index in [2.05, 4.69) is 0 Å². The number of hydrogen-bond acceptors (Lipinski definition) is 4. The predicted molar refractivity (Wildman–Crippen MR) is 105 cm³/mol. The van der Waals surface area contributed by atoms with Gasteiger partial charge in [0.15, 0.2) is 5.78 Å². The number of ketones is 1. The van der Waals surface area contributed by atoms with Gasteiger partial charge in [-0.1, -0.05) is 48.0 Å². The molecule has 0 aromatic heterocycles. The van der Waals surface area contributed by atoms with Crippen LogP contribution in [0.15, 0.2) is 54.6 Å². The van der Waals surface area contributed by atoms with Gasteiger partial charge in [0.1, 0.15) is 11.7 Å². The molecule has 3 rings (SSSR count). The molecule has 1 aliphatic rings. The van der Waals surface area contributed by atoms with Crippen molar-refractivity contribution in [3.05, 3.63) is 71.3 Å². The summed E-state index contributed by atoms with van der Waals surface area (Å²) in [7, 11) is 1.60. The summed E-state index contributed by atoms with van der Waals surface area (Å²) in [5.41, 5.74) is 3.93. The minimum absolute atomic E-state index is 0.216. The van der Waals surface area contributed by atoms with E-state index < -0.39 is 11.9 Å². The lowest BCUT2D eigenvalue weighted by atomic mass is 9.73. The molecule has 0 saturated heterocycles. The average molecular weight is 364 g/mol. The van der Waals surface area contributed by atoms with Crippen LogP contribution in [-0.4, -0.2) is 25.5 Å². The van der Waals surface area contributed by atoms with Crippen LogP contribution in [-0.2, 0) is 14.3 Å². The van der Waals surface area contributed by atoms with Crippen LogP contribution in [0.25, 0.3) is 5.57 Å². The van der Waals surface area contributed by atoms with Gasteiger partial charge < -0.3 is 9.47 Å². The van der Waals surface area contributed by atoms with Crippen molar-refractivity contribution in [1.29, 1.82) is 0 Å². The molecule has 2 aromatic rings. The number of hydrogen-bond donors (Lipinski definition) is 0. The van der Waals surface area contributed by atoms with Gasteiger partial charge in [-0.3, -0.25) is 9.59 Å². The molecule has 2 aromatic carbocycles. The summed E-state index contributed by atoms with van der Waals surface area (Å²) in [6.07, 6.45) is 2.16. The zero-order valence-corrected chi connectivity index (χ0v) is 15.9. The van der Waals surface area contributed by atoms with Gasteiger partial charge in [0.05, 0.1) is 13.7 Å². The van der Waals surface area contributed by atoms with E-state index in [-0.39, 0.29) is 18.3 Å². The summed E-state index contributed by atoms with van der Waals surface area (Å²) in [5, 5.41) is 0. The number of methoxy groups -OCH3 is 1. The van der Waals surface area contributed by atoms with Crippen LogP contribution < -0.4 is 4.74 Å². The van der Waals surface area contributed by atoms with Crippen molar-refractivity contribution < 1.29 is 19.1 Å². The zero-order valence-electron chi connectivity index (χ0n) is 15.9. The van der Waals surface area contributed by atoms with Gasteiger partial charge in [0.25, 0.3) is 0 Å². The fourth-order valence-electron chi connectivity index (χ4n) is 3.62. The standard InChI is InChI=1S/C23H24O4/c1-4-27-23(25)22-19(18-7-5-6-8-21(18)26-3)13-17(14-20(22)24)16-11-9-15(2)10-12-16/h5-12,14,19,22H,4,13H2,1-3H3/t19-,22-/m1/s1. The molecular formula is C23H24O4. The van der Waals surface area contributed by atoms with Gasteiger partial charge in [0, 0.05) is 5.92 Å². The fourth-order valence-corrected chi connectivity index (χ4v) is 3.62. The molecule has 27 heavy (non-hydrogen) atoms. The molecule has 0 spiro atoms. The third-order valence-corrected chi connectivity index (χ3v) is 4.97. The highest BCUT2D eigenvalue weighted by Gasteiger charge is 2.40. The van der Waals surface area contributed by atoms with Gasteiger partial charge in [-0.15, -0.1) is 0 Å². The Bertz CT molecular complexity index is 864. The van der Waals surface area contributed by atoms with Gasteiger partial charge in [-0.05, 0) is 49.1 Å². The maximum absolute atomic E-state index is 12.9. The Hall–Kier alpha value is -2.88. The molecule has 0 fully saturated rings. The Morgan fingerprint density at radius 2 is 1.81 bits per heavy atom. The van der Waals surface area contributed by atoms with Crippen molar-refractivity contribution in [2.24, 2.45) is 5.92 Å². The Morgan fingerprint density at radius 1 is 1.11 bits per heavy atom. The van der Waals surface area contributed by atoms with Crippen LogP contribution in [0.1, 0.15) is 36.0 Å². The van der Waals surface area contributed by atoms with Crippen LogP contribution in [0.2, 0.25) is 0 Å². The maximum Gasteiger partial charge on any atom is 0.317 e. The first-order valence-corrected chi connectivity index (χ1v) is 9.16. The minimum Gasteiger partial charge on any atom is -0.496 e. The largest absolute Gasteiger partial charge is 0.496 e. The number of ether oxygens (including phenoxy) is 2. The van der Waals surface area contributed by atoms with E-state index in [1.165, 1.54) is 0 Å². The quantitative estimate of drug-likeness (QED) is 0.586. The number of benzene rings is 2. The number of aryl methyl sites for hydroxylation is 1. The van der Waals surface area contributed by atoms with Crippen LogP contribution in [0.3, 0.4) is 0 Å². The number of carbonyl (C=O) groups excluding carboxylic acids is 2. The Balaban J connectivity index is 2.06. The van der Waals surface area contributed by atoms with E-state index in [9.17, 15) is 9.59 Å². The normalized spacial score (nSPS) is 19.4. The van der Waals surface area contributed by atoms with E-state index in [0.29, 0.717) is 12.2 Å². The van der Waals surface area contributed by atoms with Gasteiger partial charge in [-0.2, -0.15) is 0 Å². The first-order valence-electron chi connectivity index (χ1n) is 9.16. The van der Waals surface area contributed by atoms with Crippen molar-refractivity contribution in [3.8, 4) is 5.75 Å². The number of para-hydroxylation sites is 1. The van der Waals surface area contributed by atoms with E-state index >= 15 is 0 Å². The number of esters is 1. The predicted octanol–water partition coefficient (Wildman–Crippen LogP) is 4.32. The Kier molecular flexibility index (Phi) is 5.75. The minimum atomic E-state index is -0.851. The van der Waals surface area contributed by atoms with Crippen LogP contribution in [0.4, 0.5) is 0 Å². The molecule has 4 heteroatoms. The topological polar surface area (TPSA) is 52.6 Å². The third kappa shape index (κ3) is 3.95. The highest BCUT2D eigenvalue weighted by Crippen LogP contribution is 2.43. The number of rotatable bonds is 5. The molecule has 1 aliphatic carbocycles. The fraction of sp³-hybridized carbons (Fsp3) is 0.304. The first kappa shape index (κ1) is 18.9. The van der Waals surface area contributed by atoms with Gasteiger partial charge in [0.2, 0.25) is 0 Å². The first-order chi connectivity index (χ1) is 13.0. The molecule has 0 heterocycles. The average Bonchev–Trinajstić information content (AvgIpc) is 2.68. The smallest absolute Gasteiger partial charge is 0.317 e. The van der Waals surface area contributed by atoms with Crippen molar-refractivity contribution in [2.45, 2.75) is 26.2 Å². The molecule has 0 saturated carbocycles. The van der Waals surface area contributed by atoms with Crippen molar-refractivity contribution in [3.63, 3.8) is 0 Å². The highest BCUT2D eigenvalue weighted by molar-refractivity contribution is 6.10. The SMILES string of the molecule is CCOC(=O)[C@H]1C(=O)C=C(c2ccc(C)cc2)C[C@@H]1c1ccccc1OC. The molecular weight excluding hydrogens is 340 g/mol. The molecule has 0 unspecified atom stereocenters. The zero-order chi connectivity index (χ0) is 19.4. The van der Waals surface area contributed by atoms with E-state index in [0.717, 1.165) is 22.3 Å². The molecule has 0 N–H and O–H groups in total. The van der Waals surface area contributed by atoms with Crippen molar-refractivity contribution >= 4 is 17.3 Å². The molecule has 0 bridgehead atoms. The lowest BCUT2D eigenvalue weighted by Crippen LogP contribution is -2.34. The number of allylic oxidation sites excluding steroid dienone is 2. The molecule has 0 aliphatic heterocycles. The van der Waals surface area contributed by atoms with E-state index in [4.69, 9.17) is 9.47 Å². The second-order valence-corrected chi connectivity index (χ2v) is 6.72. The molecule has 0 amide bonds. The Morgan fingerprint density at radius 3 is 2.48 bits per heavy atom. The van der Waals surface area contributed by atoms with Crippen LogP contribution >= 0.6 is 0 Å². The maximum atomic E-state index is 12.9. The van der Waals surface area contributed by atoms with Crippen molar-refractivity contribution in [2.75, 3.05) is 13.7 Å². The monoisotopic (exact) mass is 364 g/mol. The van der Waals surface area contributed by atoms with E-state index in [1.54, 1.807) is 20.1 Å². The lowest BCUT2D eigenvalue weighted by Gasteiger charge is -2.30. The summed E-state index contributed by atoms with van der Waals surface area (Å²) in [6, 6.07) is 15.6. The van der Waals surface area contributed by atoms with Crippen molar-refractivity contribution in [1.82, 2.24) is 0 Å². The molecule has 0 radical (unpaired) electrons. The lowest BCUT2D eigenvalue weighted by molar-refractivity contribution is -0.151. The second kappa shape index (κ2) is 8.21. The summed E-state index contributed by atoms with van der Waals surface area (Å²) < 4.78 is 10.7. The third-order valence-electron chi connectivity index (χ3n) is 4.97. The number of carbonyl (C=O) groups is 2. The van der Waals surface area contributed by atoms with Crippen LogP contribution in [0.5, 0.6) is 5.75 Å². The summed E-state index contributed by atoms with van der Waals surface area (Å²) in [4.78, 5) is 25.5. The van der Waals surface area contributed by atoms with Gasteiger partial charge in [-0.25, -0.2) is 0 Å². The molecule has 2 atom stereocenters. The Labute approximate surface area is 159 Å². The second-order valence-electron chi connectivity index (χ2n) is 6.72. The summed E-state index contributed by atoms with van der Waals surface area (Å²) in [6.45, 7) is 4.02. The summed E-state index contributed by atoms with van der Waals surface area (Å²) >= 11 is 0.